The van der Waals surface area contributed by atoms with Gasteiger partial charge in [-0.1, -0.05) is 66.9 Å². The van der Waals surface area contributed by atoms with E-state index in [9.17, 15) is 14.5 Å². The highest BCUT2D eigenvalue weighted by Gasteiger charge is 2.40. The molecule has 0 aliphatic rings. The van der Waals surface area contributed by atoms with Crippen LogP contribution in [-0.4, -0.2) is 30.9 Å². The van der Waals surface area contributed by atoms with Crippen molar-refractivity contribution in [1.82, 2.24) is 0 Å². The Morgan fingerprint density at radius 1 is 1.17 bits per heavy atom. The van der Waals surface area contributed by atoms with Crippen LogP contribution >= 0.6 is 31.2 Å². The van der Waals surface area contributed by atoms with Crippen molar-refractivity contribution in [2.75, 3.05) is 19.8 Å². The van der Waals surface area contributed by atoms with E-state index in [2.05, 4.69) is 0 Å². The summed E-state index contributed by atoms with van der Waals surface area (Å²) in [6.45, 7) is 4.92. The molecule has 9 heteroatoms. The van der Waals surface area contributed by atoms with Crippen molar-refractivity contribution in [3.63, 3.8) is 0 Å². The summed E-state index contributed by atoms with van der Waals surface area (Å²) >= 11 is 11.9. The number of hydrogen-bond donors (Lipinski definition) is 1. The summed E-state index contributed by atoms with van der Waals surface area (Å²) in [4.78, 5) is 12.4. The van der Waals surface area contributed by atoms with E-state index >= 15 is 0 Å². The molecule has 0 bridgehead atoms. The van der Waals surface area contributed by atoms with Crippen molar-refractivity contribution < 1.29 is 28.5 Å². The molecule has 2 unspecified atom stereocenters. The number of carbonyl (C=O) groups excluding carboxylic acids is 1. The van der Waals surface area contributed by atoms with Gasteiger partial charge in [0, 0.05) is 16.0 Å². The first kappa shape index (κ1) is 24.6. The second-order valence-corrected chi connectivity index (χ2v) is 9.64. The number of carbonyl (C=O) groups is 1. The highest BCUT2D eigenvalue weighted by molar-refractivity contribution is 7.39. The highest BCUT2D eigenvalue weighted by atomic mass is 35.5. The molecule has 0 heterocycles. The predicted molar refractivity (Wildman–Crippen MR) is 116 cm³/mol. The number of benzene rings is 2. The zero-order valence-electron chi connectivity index (χ0n) is 16.9. The first-order chi connectivity index (χ1) is 14.1. The fourth-order valence-corrected chi connectivity index (χ4v) is 3.90. The summed E-state index contributed by atoms with van der Waals surface area (Å²) in [6.07, 6.45) is 0. The van der Waals surface area contributed by atoms with Gasteiger partial charge in [-0.2, -0.15) is 0 Å². The molecule has 30 heavy (non-hydrogen) atoms. The van der Waals surface area contributed by atoms with E-state index in [4.69, 9.17) is 37.2 Å². The minimum atomic E-state index is -2.41. The van der Waals surface area contributed by atoms with Gasteiger partial charge < -0.3 is 14.6 Å². The van der Waals surface area contributed by atoms with Gasteiger partial charge in [-0.15, -0.1) is 4.52 Å². The fourth-order valence-electron chi connectivity index (χ4n) is 2.20. The van der Waals surface area contributed by atoms with E-state index in [0.717, 1.165) is 5.56 Å². The average Bonchev–Trinajstić information content (AvgIpc) is 2.70. The van der Waals surface area contributed by atoms with E-state index in [1.807, 2.05) is 19.1 Å². The molecule has 0 aromatic heterocycles. The van der Waals surface area contributed by atoms with E-state index in [1.54, 1.807) is 32.0 Å². The number of ether oxygens (including phenoxy) is 2. The molecule has 0 amide bonds. The lowest BCUT2D eigenvalue weighted by molar-refractivity contribution is -0.148. The molecule has 0 spiro atoms. The largest absolute Gasteiger partial charge is 0.558 e. The maximum atomic E-state index is 12.8. The van der Waals surface area contributed by atoms with Crippen LogP contribution in [0.1, 0.15) is 30.8 Å². The minimum absolute atomic E-state index is 0.0372. The highest BCUT2D eigenvalue weighted by Crippen LogP contribution is 2.44. The third-order valence-electron chi connectivity index (χ3n) is 4.05. The fraction of sp³-hybridized carbons (Fsp3) is 0.381. The molecule has 0 saturated carbocycles. The molecule has 1 N–H and O–H groups in total. The Morgan fingerprint density at radius 3 is 2.43 bits per heavy atom. The van der Waals surface area contributed by atoms with Crippen LogP contribution in [0, 0.1) is 12.3 Å². The molecule has 0 saturated heterocycles. The molecule has 6 nitrogen and oxygen atoms in total. The summed E-state index contributed by atoms with van der Waals surface area (Å²) in [7, 11) is -2.41. The maximum absolute atomic E-state index is 12.8. The topological polar surface area (TPSA) is 82.1 Å². The van der Waals surface area contributed by atoms with Crippen molar-refractivity contribution in [2.45, 2.75) is 26.6 Å². The standard InChI is InChI=1S/C21H24Cl2O6P/c1-14-4-6-15(7-5-14)20(30(26)28-13-21(2,3)12-24)29-19(25)11-27-18-9-8-16(22)10-17(18)23/h4-10,20,24H,11-13H2,1-3H3/q+1. The molecule has 2 atom stereocenters. The second-order valence-electron chi connectivity index (χ2n) is 7.50. The maximum Gasteiger partial charge on any atom is 0.558 e. The Hall–Kier alpha value is -1.69. The van der Waals surface area contributed by atoms with Crippen LogP contribution in [0.15, 0.2) is 42.5 Å². The van der Waals surface area contributed by atoms with Gasteiger partial charge in [-0.3, -0.25) is 0 Å². The van der Waals surface area contributed by atoms with Crippen LogP contribution in [0.5, 0.6) is 5.75 Å². The number of esters is 1. The lowest BCUT2D eigenvalue weighted by Crippen LogP contribution is -2.23. The first-order valence-electron chi connectivity index (χ1n) is 9.15. The lowest BCUT2D eigenvalue weighted by Gasteiger charge is -2.18. The third-order valence-corrected chi connectivity index (χ3v) is 5.75. The summed E-state index contributed by atoms with van der Waals surface area (Å²) in [5.74, 6) is -1.58. The summed E-state index contributed by atoms with van der Waals surface area (Å²) in [5.41, 5.74) is 0.949. The SMILES string of the molecule is Cc1ccc(C(OC(=O)COc2ccc(Cl)cc2Cl)[P+](=O)OCC(C)(C)CO)cc1. The van der Waals surface area contributed by atoms with E-state index < -0.39 is 31.9 Å². The Kier molecular flexibility index (Phi) is 9.08. The van der Waals surface area contributed by atoms with E-state index in [-0.39, 0.29) is 24.0 Å². The van der Waals surface area contributed by atoms with Gasteiger partial charge >= 0.3 is 19.8 Å². The summed E-state index contributed by atoms with van der Waals surface area (Å²) in [6, 6.07) is 11.7. The van der Waals surface area contributed by atoms with E-state index in [1.165, 1.54) is 12.1 Å². The Morgan fingerprint density at radius 2 is 1.83 bits per heavy atom. The van der Waals surface area contributed by atoms with Crippen LogP contribution in [0.3, 0.4) is 0 Å². The van der Waals surface area contributed by atoms with Crippen molar-refractivity contribution in [3.8, 4) is 5.75 Å². The number of aryl methyl sites for hydroxylation is 1. The van der Waals surface area contributed by atoms with Crippen molar-refractivity contribution in [3.05, 3.63) is 63.6 Å². The molecule has 162 valence electrons. The zero-order chi connectivity index (χ0) is 22.3. The number of aliphatic hydroxyl groups is 1. The minimum Gasteiger partial charge on any atom is -0.480 e. The molecule has 2 rings (SSSR count). The van der Waals surface area contributed by atoms with Gasteiger partial charge in [0.05, 0.1) is 11.6 Å². The monoisotopic (exact) mass is 473 g/mol. The van der Waals surface area contributed by atoms with Gasteiger partial charge in [0.2, 0.25) is 0 Å². The van der Waals surface area contributed by atoms with Crippen molar-refractivity contribution >= 4 is 37.2 Å². The number of hydrogen-bond acceptors (Lipinski definition) is 6. The zero-order valence-corrected chi connectivity index (χ0v) is 19.3. The number of rotatable bonds is 10. The summed E-state index contributed by atoms with van der Waals surface area (Å²) in [5, 5.41) is 10.1. The third kappa shape index (κ3) is 7.53. The Balaban J connectivity index is 2.08. The van der Waals surface area contributed by atoms with Crippen molar-refractivity contribution in [1.29, 1.82) is 0 Å². The van der Waals surface area contributed by atoms with Gasteiger partial charge in [-0.05, 0) is 29.7 Å². The van der Waals surface area contributed by atoms with Crippen LogP contribution in [0.4, 0.5) is 0 Å². The normalized spacial score (nSPS) is 12.9. The number of aliphatic hydroxyl groups excluding tert-OH is 1. The molecule has 2 aromatic rings. The van der Waals surface area contributed by atoms with E-state index in [0.29, 0.717) is 10.6 Å². The van der Waals surface area contributed by atoms with Crippen LogP contribution in [0.25, 0.3) is 0 Å². The van der Waals surface area contributed by atoms with Gasteiger partial charge in [0.1, 0.15) is 12.4 Å². The first-order valence-corrected chi connectivity index (χ1v) is 11.2. The van der Waals surface area contributed by atoms with Gasteiger partial charge in [-0.25, -0.2) is 4.79 Å². The quantitative estimate of drug-likeness (QED) is 0.352. The van der Waals surface area contributed by atoms with Crippen LogP contribution in [0.2, 0.25) is 10.0 Å². The molecular weight excluding hydrogens is 450 g/mol. The van der Waals surface area contributed by atoms with Gasteiger partial charge in [0.25, 0.3) is 0 Å². The molecule has 0 fully saturated rings. The molecule has 0 aliphatic carbocycles. The lowest BCUT2D eigenvalue weighted by atomic mass is 9.97. The average molecular weight is 474 g/mol. The van der Waals surface area contributed by atoms with Gasteiger partial charge in [0.15, 0.2) is 6.61 Å². The van der Waals surface area contributed by atoms with Crippen molar-refractivity contribution in [2.24, 2.45) is 5.41 Å². The van der Waals surface area contributed by atoms with Crippen LogP contribution < -0.4 is 4.74 Å². The second kappa shape index (κ2) is 11.1. The molecular formula is C21H24Cl2O6P+. The molecule has 0 radical (unpaired) electrons. The predicted octanol–water partition coefficient (Wildman–Crippen LogP) is 5.70. The number of halogens is 2. The van der Waals surface area contributed by atoms with Crippen LogP contribution in [-0.2, 0) is 18.6 Å². The summed E-state index contributed by atoms with van der Waals surface area (Å²) < 4.78 is 29.0. The Bertz CT molecular complexity index is 886. The molecule has 2 aromatic carbocycles. The molecule has 0 aliphatic heterocycles. The Labute approximate surface area is 186 Å². The smallest absolute Gasteiger partial charge is 0.480 e.